The number of amides is 1. The Labute approximate surface area is 140 Å². The third-order valence-electron chi connectivity index (χ3n) is 4.48. The van der Waals surface area contributed by atoms with Gasteiger partial charge in [-0.3, -0.25) is 4.79 Å². The van der Waals surface area contributed by atoms with E-state index in [-0.39, 0.29) is 12.0 Å². The normalized spacial score (nSPS) is 16.0. The number of aromatic amines is 1. The number of carbonyl (C=O) groups excluding carboxylic acids is 1. The van der Waals surface area contributed by atoms with Gasteiger partial charge in [0.2, 0.25) is 5.91 Å². The van der Waals surface area contributed by atoms with Gasteiger partial charge < -0.3 is 15.0 Å². The van der Waals surface area contributed by atoms with Gasteiger partial charge in [0.05, 0.1) is 0 Å². The number of fused-ring (bicyclic) bond motifs is 2. The molecule has 1 aliphatic heterocycles. The first-order valence-corrected chi connectivity index (χ1v) is 8.33. The van der Waals surface area contributed by atoms with Crippen molar-refractivity contribution in [3.8, 4) is 5.75 Å². The molecule has 0 aliphatic carbocycles. The summed E-state index contributed by atoms with van der Waals surface area (Å²) >= 11 is 0. The van der Waals surface area contributed by atoms with Crippen LogP contribution in [-0.2, 0) is 17.6 Å². The van der Waals surface area contributed by atoms with E-state index >= 15 is 0 Å². The Hall–Kier alpha value is -2.75. The summed E-state index contributed by atoms with van der Waals surface area (Å²) in [6.07, 6.45) is 4.29. The molecule has 122 valence electrons. The zero-order valence-electron chi connectivity index (χ0n) is 13.6. The van der Waals surface area contributed by atoms with Gasteiger partial charge in [-0.15, -0.1) is 0 Å². The fourth-order valence-electron chi connectivity index (χ4n) is 3.31. The van der Waals surface area contributed by atoms with Crippen molar-refractivity contribution in [1.29, 1.82) is 0 Å². The highest BCUT2D eigenvalue weighted by Crippen LogP contribution is 2.31. The Kier molecular flexibility index (Phi) is 3.73. The van der Waals surface area contributed by atoms with Crippen LogP contribution in [0, 0.1) is 0 Å². The van der Waals surface area contributed by atoms with Gasteiger partial charge in [0, 0.05) is 35.6 Å². The van der Waals surface area contributed by atoms with E-state index in [1.165, 1.54) is 10.9 Å². The molecule has 2 N–H and O–H groups in total. The Balaban J connectivity index is 1.40. The van der Waals surface area contributed by atoms with Gasteiger partial charge in [-0.2, -0.15) is 0 Å². The number of aromatic nitrogens is 1. The predicted octanol–water partition coefficient (Wildman–Crippen LogP) is 4.06. The molecule has 0 bridgehead atoms. The van der Waals surface area contributed by atoms with Gasteiger partial charge in [-0.25, -0.2) is 0 Å². The molecular formula is C20H20N2O2. The molecule has 2 aromatic carbocycles. The zero-order valence-corrected chi connectivity index (χ0v) is 13.6. The van der Waals surface area contributed by atoms with Gasteiger partial charge in [0.15, 0.2) is 0 Å². The van der Waals surface area contributed by atoms with Crippen LogP contribution in [0.1, 0.15) is 24.5 Å². The summed E-state index contributed by atoms with van der Waals surface area (Å²) in [4.78, 5) is 15.5. The van der Waals surface area contributed by atoms with Crippen molar-refractivity contribution in [2.75, 3.05) is 5.32 Å². The van der Waals surface area contributed by atoms with Crippen LogP contribution in [0.15, 0.2) is 48.7 Å². The molecular weight excluding hydrogens is 300 g/mol. The van der Waals surface area contributed by atoms with Gasteiger partial charge in [-0.1, -0.05) is 18.2 Å². The first-order valence-electron chi connectivity index (χ1n) is 8.33. The number of para-hydroxylation sites is 1. The molecule has 3 aromatic rings. The minimum Gasteiger partial charge on any atom is -0.490 e. The zero-order chi connectivity index (χ0) is 16.5. The largest absolute Gasteiger partial charge is 0.490 e. The molecule has 4 rings (SSSR count). The van der Waals surface area contributed by atoms with E-state index in [1.807, 2.05) is 42.6 Å². The lowest BCUT2D eigenvalue weighted by molar-refractivity contribution is -0.116. The number of H-pyrrole nitrogens is 1. The molecule has 0 fully saturated rings. The lowest BCUT2D eigenvalue weighted by Crippen LogP contribution is -2.12. The van der Waals surface area contributed by atoms with Crippen LogP contribution in [0.4, 0.5) is 5.69 Å². The number of hydrogen-bond donors (Lipinski definition) is 2. The van der Waals surface area contributed by atoms with E-state index in [0.717, 1.165) is 35.4 Å². The van der Waals surface area contributed by atoms with Crippen molar-refractivity contribution in [3.63, 3.8) is 0 Å². The average molecular weight is 320 g/mol. The highest BCUT2D eigenvalue weighted by Gasteiger charge is 2.19. The van der Waals surface area contributed by atoms with Crippen molar-refractivity contribution >= 4 is 22.5 Å². The van der Waals surface area contributed by atoms with Gasteiger partial charge in [0.25, 0.3) is 0 Å². The second-order valence-corrected chi connectivity index (χ2v) is 6.36. The van der Waals surface area contributed by atoms with Crippen LogP contribution in [0.2, 0.25) is 0 Å². The van der Waals surface area contributed by atoms with E-state index in [0.29, 0.717) is 6.42 Å². The summed E-state index contributed by atoms with van der Waals surface area (Å²) in [5.74, 6) is 0.964. The van der Waals surface area contributed by atoms with Crippen molar-refractivity contribution in [2.24, 2.45) is 0 Å². The van der Waals surface area contributed by atoms with Crippen molar-refractivity contribution in [1.82, 2.24) is 4.98 Å². The Morgan fingerprint density at radius 1 is 1.29 bits per heavy atom. The van der Waals surface area contributed by atoms with E-state index in [9.17, 15) is 4.79 Å². The molecule has 0 saturated carbocycles. The molecule has 1 aromatic heterocycles. The number of benzene rings is 2. The standard InChI is InChI=1S/C20H20N2O2/c1-13-10-15-11-16(7-8-19(15)24-13)22-20(23)9-6-14-12-21-18-5-3-2-4-17(14)18/h2-5,7-8,11-13,21H,6,9-10H2,1H3,(H,22,23). The summed E-state index contributed by atoms with van der Waals surface area (Å²) in [5.41, 5.74) is 4.30. The highest BCUT2D eigenvalue weighted by atomic mass is 16.5. The molecule has 1 atom stereocenters. The van der Waals surface area contributed by atoms with Crippen LogP contribution in [0.25, 0.3) is 10.9 Å². The Morgan fingerprint density at radius 2 is 2.17 bits per heavy atom. The highest BCUT2D eigenvalue weighted by molar-refractivity contribution is 5.91. The number of rotatable bonds is 4. The summed E-state index contributed by atoms with van der Waals surface area (Å²) in [5, 5.41) is 4.18. The second kappa shape index (κ2) is 6.04. The fraction of sp³-hybridized carbons (Fsp3) is 0.250. The number of nitrogens with one attached hydrogen (secondary N) is 2. The molecule has 1 aliphatic rings. The van der Waals surface area contributed by atoms with E-state index in [2.05, 4.69) is 23.3 Å². The molecule has 24 heavy (non-hydrogen) atoms. The molecule has 4 heteroatoms. The van der Waals surface area contributed by atoms with E-state index < -0.39 is 0 Å². The lowest BCUT2D eigenvalue weighted by Gasteiger charge is -2.07. The third kappa shape index (κ3) is 2.87. The third-order valence-corrected chi connectivity index (χ3v) is 4.48. The first-order chi connectivity index (χ1) is 11.7. The van der Waals surface area contributed by atoms with Crippen LogP contribution in [0.3, 0.4) is 0 Å². The van der Waals surface area contributed by atoms with Crippen LogP contribution < -0.4 is 10.1 Å². The van der Waals surface area contributed by atoms with Gasteiger partial charge in [0.1, 0.15) is 11.9 Å². The minimum absolute atomic E-state index is 0.0344. The van der Waals surface area contributed by atoms with Crippen molar-refractivity contribution < 1.29 is 9.53 Å². The van der Waals surface area contributed by atoms with Gasteiger partial charge >= 0.3 is 0 Å². The predicted molar refractivity (Wildman–Crippen MR) is 95.5 cm³/mol. The fourth-order valence-corrected chi connectivity index (χ4v) is 3.31. The number of anilines is 1. The number of ether oxygens (including phenoxy) is 1. The average Bonchev–Trinajstić information content (AvgIpc) is 3.15. The van der Waals surface area contributed by atoms with Crippen molar-refractivity contribution in [3.05, 3.63) is 59.8 Å². The maximum atomic E-state index is 12.3. The quantitative estimate of drug-likeness (QED) is 0.761. The Bertz CT molecular complexity index is 898. The number of hydrogen-bond acceptors (Lipinski definition) is 2. The van der Waals surface area contributed by atoms with Gasteiger partial charge in [-0.05, 0) is 48.7 Å². The number of carbonyl (C=O) groups is 1. The topological polar surface area (TPSA) is 54.1 Å². The smallest absolute Gasteiger partial charge is 0.224 e. The monoisotopic (exact) mass is 320 g/mol. The summed E-state index contributed by atoms with van der Waals surface area (Å²) in [6, 6.07) is 14.0. The first kappa shape index (κ1) is 14.8. The molecule has 4 nitrogen and oxygen atoms in total. The lowest BCUT2D eigenvalue weighted by atomic mass is 10.1. The molecule has 0 radical (unpaired) electrons. The van der Waals surface area contributed by atoms with E-state index in [4.69, 9.17) is 4.74 Å². The molecule has 1 unspecified atom stereocenters. The van der Waals surface area contributed by atoms with E-state index in [1.54, 1.807) is 0 Å². The van der Waals surface area contributed by atoms with Crippen LogP contribution in [0.5, 0.6) is 5.75 Å². The maximum absolute atomic E-state index is 12.3. The summed E-state index contributed by atoms with van der Waals surface area (Å²) < 4.78 is 5.69. The molecule has 0 saturated heterocycles. The molecule has 0 spiro atoms. The van der Waals surface area contributed by atoms with Crippen molar-refractivity contribution in [2.45, 2.75) is 32.3 Å². The van der Waals surface area contributed by atoms with Crippen LogP contribution >= 0.6 is 0 Å². The Morgan fingerprint density at radius 3 is 3.08 bits per heavy atom. The minimum atomic E-state index is 0.0344. The van der Waals surface area contributed by atoms with Crippen LogP contribution in [-0.4, -0.2) is 17.0 Å². The molecule has 1 amide bonds. The second-order valence-electron chi connectivity index (χ2n) is 6.36. The summed E-state index contributed by atoms with van der Waals surface area (Å²) in [7, 11) is 0. The summed E-state index contributed by atoms with van der Waals surface area (Å²) in [6.45, 7) is 2.06. The molecule has 2 heterocycles. The SMILES string of the molecule is CC1Cc2cc(NC(=O)CCc3c[nH]c4ccccc34)ccc2O1. The maximum Gasteiger partial charge on any atom is 0.224 e. The number of aryl methyl sites for hydroxylation is 1.